The lowest BCUT2D eigenvalue weighted by Crippen LogP contribution is -2.18. The van der Waals surface area contributed by atoms with E-state index in [2.05, 4.69) is 19.2 Å². The monoisotopic (exact) mass is 283 g/mol. The van der Waals surface area contributed by atoms with Gasteiger partial charge < -0.3 is 5.32 Å². The fourth-order valence-electron chi connectivity index (χ4n) is 2.08. The summed E-state index contributed by atoms with van der Waals surface area (Å²) in [6.45, 7) is 6.14. The first-order valence-corrected chi connectivity index (χ1v) is 8.74. The standard InChI is InChI=1S/C15H25NO2S/c1-4-6-9-13(3)16-14-10-7-8-11-15(14)19(17,18)12-5-2/h7-8,10-11,13,16H,4-6,9,12H2,1-3H3. The smallest absolute Gasteiger partial charge is 0.180 e. The molecule has 1 aromatic carbocycles. The Bertz CT molecular complexity index is 483. The van der Waals surface area contributed by atoms with E-state index in [0.717, 1.165) is 24.9 Å². The van der Waals surface area contributed by atoms with Crippen LogP contribution in [0.25, 0.3) is 0 Å². The molecule has 0 aliphatic carbocycles. The van der Waals surface area contributed by atoms with Gasteiger partial charge >= 0.3 is 0 Å². The summed E-state index contributed by atoms with van der Waals surface area (Å²) in [5.41, 5.74) is 0.736. The number of nitrogens with one attached hydrogen (secondary N) is 1. The predicted octanol–water partition coefficient (Wildman–Crippen LogP) is 3.86. The largest absolute Gasteiger partial charge is 0.382 e. The van der Waals surface area contributed by atoms with Gasteiger partial charge in [-0.05, 0) is 31.9 Å². The first-order valence-electron chi connectivity index (χ1n) is 7.09. The Morgan fingerprint density at radius 3 is 2.47 bits per heavy atom. The summed E-state index contributed by atoms with van der Waals surface area (Å²) in [6.07, 6.45) is 4.00. The molecule has 19 heavy (non-hydrogen) atoms. The van der Waals surface area contributed by atoms with E-state index in [1.807, 2.05) is 19.1 Å². The van der Waals surface area contributed by atoms with Crippen LogP contribution in [0, 0.1) is 0 Å². The molecule has 1 unspecified atom stereocenters. The van der Waals surface area contributed by atoms with Gasteiger partial charge in [-0.15, -0.1) is 0 Å². The molecule has 1 N–H and O–H groups in total. The number of benzene rings is 1. The highest BCUT2D eigenvalue weighted by molar-refractivity contribution is 7.91. The van der Waals surface area contributed by atoms with Gasteiger partial charge in [-0.1, -0.05) is 38.8 Å². The minimum absolute atomic E-state index is 0.203. The molecule has 0 aromatic heterocycles. The summed E-state index contributed by atoms with van der Waals surface area (Å²) < 4.78 is 24.4. The molecule has 4 heteroatoms. The van der Waals surface area contributed by atoms with Crippen molar-refractivity contribution in [2.24, 2.45) is 0 Å². The van der Waals surface area contributed by atoms with Crippen LogP contribution in [0.3, 0.4) is 0 Å². The van der Waals surface area contributed by atoms with Gasteiger partial charge in [0.2, 0.25) is 0 Å². The second kappa shape index (κ2) is 7.53. The van der Waals surface area contributed by atoms with Crippen LogP contribution in [0.1, 0.15) is 46.5 Å². The molecule has 3 nitrogen and oxygen atoms in total. The van der Waals surface area contributed by atoms with Crippen molar-refractivity contribution in [2.75, 3.05) is 11.1 Å². The van der Waals surface area contributed by atoms with Crippen molar-refractivity contribution in [3.63, 3.8) is 0 Å². The maximum Gasteiger partial charge on any atom is 0.180 e. The lowest BCUT2D eigenvalue weighted by molar-refractivity contribution is 0.594. The number of unbranched alkanes of at least 4 members (excludes halogenated alkanes) is 1. The first-order chi connectivity index (χ1) is 9.01. The predicted molar refractivity (Wildman–Crippen MR) is 81.4 cm³/mol. The Labute approximate surface area is 117 Å². The van der Waals surface area contributed by atoms with Crippen LogP contribution in [0.2, 0.25) is 0 Å². The molecule has 1 aromatic rings. The number of hydrogen-bond donors (Lipinski definition) is 1. The SMILES string of the molecule is CCCCC(C)Nc1ccccc1S(=O)(=O)CCC. The Morgan fingerprint density at radius 2 is 1.84 bits per heavy atom. The van der Waals surface area contributed by atoms with Crippen LogP contribution in [-0.2, 0) is 9.84 Å². The molecule has 0 saturated carbocycles. The van der Waals surface area contributed by atoms with Gasteiger partial charge in [0.15, 0.2) is 9.84 Å². The van der Waals surface area contributed by atoms with Gasteiger partial charge in [0, 0.05) is 6.04 Å². The van der Waals surface area contributed by atoms with Gasteiger partial charge in [-0.2, -0.15) is 0 Å². The summed E-state index contributed by atoms with van der Waals surface area (Å²) in [5, 5.41) is 3.33. The van der Waals surface area contributed by atoms with Crippen LogP contribution in [0.5, 0.6) is 0 Å². The highest BCUT2D eigenvalue weighted by Gasteiger charge is 2.18. The average molecular weight is 283 g/mol. The molecular weight excluding hydrogens is 258 g/mol. The number of sulfone groups is 1. The van der Waals surface area contributed by atoms with E-state index in [4.69, 9.17) is 0 Å². The van der Waals surface area contributed by atoms with Crippen LogP contribution in [0.15, 0.2) is 29.2 Å². The zero-order valence-corrected chi connectivity index (χ0v) is 13.0. The van der Waals surface area contributed by atoms with Gasteiger partial charge in [0.1, 0.15) is 0 Å². The fraction of sp³-hybridized carbons (Fsp3) is 0.600. The summed E-state index contributed by atoms with van der Waals surface area (Å²) in [4.78, 5) is 0.431. The number of para-hydroxylation sites is 1. The quantitative estimate of drug-likeness (QED) is 0.788. The van der Waals surface area contributed by atoms with Crippen molar-refractivity contribution in [3.05, 3.63) is 24.3 Å². The Hall–Kier alpha value is -1.03. The fourth-order valence-corrected chi connectivity index (χ4v) is 3.59. The molecule has 0 saturated heterocycles. The molecule has 0 radical (unpaired) electrons. The topological polar surface area (TPSA) is 46.2 Å². The third-order valence-corrected chi connectivity index (χ3v) is 5.06. The van der Waals surface area contributed by atoms with Gasteiger partial charge in [-0.3, -0.25) is 0 Å². The van der Waals surface area contributed by atoms with E-state index >= 15 is 0 Å². The lowest BCUT2D eigenvalue weighted by Gasteiger charge is -2.17. The maximum atomic E-state index is 12.2. The molecule has 0 heterocycles. The Balaban J connectivity index is 2.90. The van der Waals surface area contributed by atoms with Crippen molar-refractivity contribution in [3.8, 4) is 0 Å². The van der Waals surface area contributed by atoms with E-state index < -0.39 is 9.84 Å². The Morgan fingerprint density at radius 1 is 1.16 bits per heavy atom. The summed E-state index contributed by atoms with van der Waals surface area (Å²) in [7, 11) is -3.17. The normalized spacial score (nSPS) is 13.2. The second-order valence-corrected chi connectivity index (χ2v) is 7.08. The summed E-state index contributed by atoms with van der Waals surface area (Å²) >= 11 is 0. The van der Waals surface area contributed by atoms with E-state index in [1.165, 1.54) is 0 Å². The molecule has 0 aliphatic rings. The number of anilines is 1. The highest BCUT2D eigenvalue weighted by Crippen LogP contribution is 2.24. The first kappa shape index (κ1) is 16.0. The highest BCUT2D eigenvalue weighted by atomic mass is 32.2. The molecule has 0 amide bonds. The van der Waals surface area contributed by atoms with Crippen LogP contribution >= 0.6 is 0 Å². The average Bonchev–Trinajstić information content (AvgIpc) is 2.36. The van der Waals surface area contributed by atoms with Gasteiger partial charge in [0.25, 0.3) is 0 Å². The van der Waals surface area contributed by atoms with Gasteiger partial charge in [-0.25, -0.2) is 8.42 Å². The van der Waals surface area contributed by atoms with E-state index in [9.17, 15) is 8.42 Å². The number of hydrogen-bond acceptors (Lipinski definition) is 3. The zero-order chi connectivity index (χ0) is 14.3. The van der Waals surface area contributed by atoms with Gasteiger partial charge in [0.05, 0.1) is 16.3 Å². The number of rotatable bonds is 8. The maximum absolute atomic E-state index is 12.2. The molecule has 0 fully saturated rings. The second-order valence-electron chi connectivity index (χ2n) is 5.00. The van der Waals surface area contributed by atoms with Crippen LogP contribution < -0.4 is 5.32 Å². The molecule has 108 valence electrons. The molecule has 0 aliphatic heterocycles. The van der Waals surface area contributed by atoms with Crippen molar-refractivity contribution in [1.82, 2.24) is 0 Å². The molecule has 0 bridgehead atoms. The third kappa shape index (κ3) is 4.86. The lowest BCUT2D eigenvalue weighted by atomic mass is 10.1. The molecule has 1 atom stereocenters. The molecular formula is C15H25NO2S. The summed E-state index contributed by atoms with van der Waals surface area (Å²) in [5.74, 6) is 0.203. The zero-order valence-electron chi connectivity index (χ0n) is 12.1. The molecule has 1 rings (SSSR count). The summed E-state index contributed by atoms with van der Waals surface area (Å²) in [6, 6.07) is 7.49. The van der Waals surface area contributed by atoms with Crippen molar-refractivity contribution in [2.45, 2.75) is 57.4 Å². The van der Waals surface area contributed by atoms with Crippen LogP contribution in [0.4, 0.5) is 5.69 Å². The van der Waals surface area contributed by atoms with Crippen molar-refractivity contribution in [1.29, 1.82) is 0 Å². The van der Waals surface area contributed by atoms with E-state index in [1.54, 1.807) is 12.1 Å². The minimum atomic E-state index is -3.17. The molecule has 0 spiro atoms. The van der Waals surface area contributed by atoms with E-state index in [0.29, 0.717) is 11.3 Å². The van der Waals surface area contributed by atoms with Crippen molar-refractivity contribution >= 4 is 15.5 Å². The Kier molecular flexibility index (Phi) is 6.35. The third-order valence-electron chi connectivity index (χ3n) is 3.09. The van der Waals surface area contributed by atoms with Crippen LogP contribution in [-0.4, -0.2) is 20.2 Å². The minimum Gasteiger partial charge on any atom is -0.382 e. The van der Waals surface area contributed by atoms with Crippen molar-refractivity contribution < 1.29 is 8.42 Å². The van der Waals surface area contributed by atoms with E-state index in [-0.39, 0.29) is 11.8 Å².